The van der Waals surface area contributed by atoms with Gasteiger partial charge in [0.2, 0.25) is 10.0 Å². The van der Waals surface area contributed by atoms with Crippen LogP contribution >= 0.6 is 0 Å². The summed E-state index contributed by atoms with van der Waals surface area (Å²) >= 11 is 0. The molecule has 0 spiro atoms. The van der Waals surface area contributed by atoms with Crippen LogP contribution in [0.5, 0.6) is 0 Å². The zero-order chi connectivity index (χ0) is 13.3. The van der Waals surface area contributed by atoms with Crippen LogP contribution in [-0.2, 0) is 10.0 Å². The highest BCUT2D eigenvalue weighted by Crippen LogP contribution is 2.26. The predicted octanol–water partition coefficient (Wildman–Crippen LogP) is 2.15. The first kappa shape index (κ1) is 13.5. The predicted molar refractivity (Wildman–Crippen MR) is 67.7 cm³/mol. The van der Waals surface area contributed by atoms with Gasteiger partial charge < -0.3 is 4.52 Å². The minimum Gasteiger partial charge on any atom is -0.360 e. The molecular weight excluding hydrogens is 252 g/mol. The average Bonchev–Trinajstić information content (AvgIpc) is 2.62. The normalized spacial score (nSPS) is 25.3. The molecule has 2 atom stereocenters. The Kier molecular flexibility index (Phi) is 3.77. The van der Waals surface area contributed by atoms with E-state index in [-0.39, 0.29) is 10.9 Å². The maximum absolute atomic E-state index is 12.3. The van der Waals surface area contributed by atoms with Crippen LogP contribution in [0.2, 0.25) is 0 Å². The number of sulfonamides is 1. The molecular formula is C12H20N2O3S. The molecule has 102 valence electrons. The molecule has 1 N–H and O–H groups in total. The molecule has 0 radical (unpaired) electrons. The molecule has 0 amide bonds. The number of nitrogens with zero attached hydrogens (tertiary/aromatic N) is 1. The summed E-state index contributed by atoms with van der Waals surface area (Å²) in [6.45, 7) is 5.37. The molecule has 1 aliphatic rings. The van der Waals surface area contributed by atoms with Crippen molar-refractivity contribution in [1.82, 2.24) is 9.88 Å². The van der Waals surface area contributed by atoms with Gasteiger partial charge in [-0.25, -0.2) is 13.1 Å². The quantitative estimate of drug-likeness (QED) is 0.915. The van der Waals surface area contributed by atoms with Crippen molar-refractivity contribution in [1.29, 1.82) is 0 Å². The number of aryl methyl sites for hydroxylation is 2. The summed E-state index contributed by atoms with van der Waals surface area (Å²) in [5, 5.41) is 3.70. The maximum atomic E-state index is 12.3. The first-order valence-corrected chi connectivity index (χ1v) is 7.85. The number of aromatic nitrogens is 1. The lowest BCUT2D eigenvalue weighted by Gasteiger charge is -2.29. The lowest BCUT2D eigenvalue weighted by Crippen LogP contribution is -2.41. The van der Waals surface area contributed by atoms with Gasteiger partial charge in [-0.15, -0.1) is 0 Å². The lowest BCUT2D eigenvalue weighted by molar-refractivity contribution is 0.310. The third kappa shape index (κ3) is 2.59. The van der Waals surface area contributed by atoms with Crippen molar-refractivity contribution in [3.05, 3.63) is 11.5 Å². The second-order valence-corrected chi connectivity index (χ2v) is 6.79. The van der Waals surface area contributed by atoms with Crippen molar-refractivity contribution < 1.29 is 12.9 Å². The van der Waals surface area contributed by atoms with Crippen molar-refractivity contribution >= 4 is 10.0 Å². The Morgan fingerprint density at radius 2 is 1.94 bits per heavy atom. The van der Waals surface area contributed by atoms with Gasteiger partial charge in [0.25, 0.3) is 0 Å². The van der Waals surface area contributed by atoms with E-state index < -0.39 is 10.0 Å². The second kappa shape index (κ2) is 5.01. The van der Waals surface area contributed by atoms with Crippen LogP contribution in [0.3, 0.4) is 0 Å². The zero-order valence-electron chi connectivity index (χ0n) is 11.1. The summed E-state index contributed by atoms with van der Waals surface area (Å²) in [6, 6.07) is 0.0254. The molecule has 1 aromatic heterocycles. The third-order valence-electron chi connectivity index (χ3n) is 3.65. The summed E-state index contributed by atoms with van der Waals surface area (Å²) in [5.74, 6) is 0.734. The van der Waals surface area contributed by atoms with E-state index in [9.17, 15) is 8.42 Å². The minimum atomic E-state index is -3.52. The Morgan fingerprint density at radius 3 is 2.50 bits per heavy atom. The van der Waals surface area contributed by atoms with E-state index in [0.29, 0.717) is 17.4 Å². The first-order chi connectivity index (χ1) is 8.42. The fourth-order valence-corrected chi connectivity index (χ4v) is 4.32. The Bertz CT molecular complexity index is 502. The van der Waals surface area contributed by atoms with Crippen LogP contribution in [0.25, 0.3) is 0 Å². The van der Waals surface area contributed by atoms with E-state index in [1.165, 1.54) is 6.42 Å². The highest BCUT2D eigenvalue weighted by Gasteiger charge is 2.30. The molecule has 1 aliphatic carbocycles. The third-order valence-corrected chi connectivity index (χ3v) is 5.39. The van der Waals surface area contributed by atoms with E-state index >= 15 is 0 Å². The second-order valence-electron chi connectivity index (χ2n) is 5.14. The van der Waals surface area contributed by atoms with Crippen LogP contribution in [0.4, 0.5) is 0 Å². The van der Waals surface area contributed by atoms with Gasteiger partial charge >= 0.3 is 0 Å². The first-order valence-electron chi connectivity index (χ1n) is 6.37. The molecule has 0 bridgehead atoms. The van der Waals surface area contributed by atoms with E-state index in [4.69, 9.17) is 4.52 Å². The zero-order valence-corrected chi connectivity index (χ0v) is 11.9. The monoisotopic (exact) mass is 272 g/mol. The summed E-state index contributed by atoms with van der Waals surface area (Å²) in [5.41, 5.74) is 0.420. The van der Waals surface area contributed by atoms with Crippen LogP contribution in [-0.4, -0.2) is 19.6 Å². The summed E-state index contributed by atoms with van der Waals surface area (Å²) < 4.78 is 32.4. The van der Waals surface area contributed by atoms with Crippen LogP contribution in [0.15, 0.2) is 9.42 Å². The standard InChI is InChI=1S/C12H20N2O3S/c1-8-6-4-5-7-11(8)14-18(15,16)12-9(2)13-17-10(12)3/h8,11,14H,4-7H2,1-3H3/t8-,11+/m1/s1. The number of nitrogens with one attached hydrogen (secondary N) is 1. The van der Waals surface area contributed by atoms with Gasteiger partial charge in [0.05, 0.1) is 0 Å². The number of rotatable bonds is 3. The molecule has 18 heavy (non-hydrogen) atoms. The molecule has 0 unspecified atom stereocenters. The van der Waals surface area contributed by atoms with Crippen molar-refractivity contribution in [2.45, 2.75) is 57.4 Å². The molecule has 2 rings (SSSR count). The van der Waals surface area contributed by atoms with E-state index in [0.717, 1.165) is 19.3 Å². The Morgan fingerprint density at radius 1 is 1.28 bits per heavy atom. The van der Waals surface area contributed by atoms with Crippen molar-refractivity contribution in [2.24, 2.45) is 5.92 Å². The molecule has 5 nitrogen and oxygen atoms in total. The maximum Gasteiger partial charge on any atom is 0.246 e. The van der Waals surface area contributed by atoms with Gasteiger partial charge in [-0.05, 0) is 32.6 Å². The summed E-state index contributed by atoms with van der Waals surface area (Å²) in [6.07, 6.45) is 4.25. The van der Waals surface area contributed by atoms with Crippen molar-refractivity contribution in [3.8, 4) is 0 Å². The summed E-state index contributed by atoms with van der Waals surface area (Å²) in [4.78, 5) is 0.195. The van der Waals surface area contributed by atoms with Gasteiger partial charge in [0.1, 0.15) is 10.6 Å². The average molecular weight is 272 g/mol. The lowest BCUT2D eigenvalue weighted by atomic mass is 9.87. The molecule has 1 aromatic rings. The van der Waals surface area contributed by atoms with Gasteiger partial charge in [-0.1, -0.05) is 24.9 Å². The smallest absolute Gasteiger partial charge is 0.246 e. The molecule has 1 saturated carbocycles. The van der Waals surface area contributed by atoms with Gasteiger partial charge in [-0.2, -0.15) is 0 Å². The van der Waals surface area contributed by atoms with Gasteiger partial charge in [-0.3, -0.25) is 0 Å². The highest BCUT2D eigenvalue weighted by atomic mass is 32.2. The van der Waals surface area contributed by atoms with Crippen molar-refractivity contribution in [2.75, 3.05) is 0 Å². The number of hydrogen-bond donors (Lipinski definition) is 1. The van der Waals surface area contributed by atoms with Crippen LogP contribution < -0.4 is 4.72 Å². The Balaban J connectivity index is 2.22. The molecule has 0 aliphatic heterocycles. The van der Waals surface area contributed by atoms with E-state index in [1.54, 1.807) is 13.8 Å². The summed E-state index contributed by atoms with van der Waals surface area (Å²) in [7, 11) is -3.52. The Labute approximate surface area is 108 Å². The molecule has 0 aromatic carbocycles. The topological polar surface area (TPSA) is 72.2 Å². The molecule has 0 saturated heterocycles. The fraction of sp³-hybridized carbons (Fsp3) is 0.750. The van der Waals surface area contributed by atoms with E-state index in [1.807, 2.05) is 0 Å². The highest BCUT2D eigenvalue weighted by molar-refractivity contribution is 7.89. The SMILES string of the molecule is Cc1noc(C)c1S(=O)(=O)N[C@H]1CCCC[C@H]1C. The van der Waals surface area contributed by atoms with Gasteiger partial charge in [0.15, 0.2) is 5.76 Å². The van der Waals surface area contributed by atoms with Crippen LogP contribution in [0.1, 0.15) is 44.1 Å². The fourth-order valence-electron chi connectivity index (χ4n) is 2.61. The minimum absolute atomic E-state index is 0.0254. The van der Waals surface area contributed by atoms with Crippen molar-refractivity contribution in [3.63, 3.8) is 0 Å². The molecule has 6 heteroatoms. The van der Waals surface area contributed by atoms with E-state index in [2.05, 4.69) is 16.8 Å². The Hall–Kier alpha value is -0.880. The van der Waals surface area contributed by atoms with Gasteiger partial charge in [0, 0.05) is 6.04 Å². The largest absolute Gasteiger partial charge is 0.360 e. The molecule has 1 fully saturated rings. The number of hydrogen-bond acceptors (Lipinski definition) is 4. The van der Waals surface area contributed by atoms with Crippen LogP contribution in [0, 0.1) is 19.8 Å². The molecule has 1 heterocycles.